The van der Waals surface area contributed by atoms with E-state index in [0.717, 1.165) is 25.3 Å². The van der Waals surface area contributed by atoms with Gasteiger partial charge in [0.1, 0.15) is 4.88 Å². The van der Waals surface area contributed by atoms with Gasteiger partial charge in [0.2, 0.25) is 0 Å². The average Bonchev–Trinajstić information content (AvgIpc) is 2.91. The highest BCUT2D eigenvalue weighted by molar-refractivity contribution is 7.19. The Balaban J connectivity index is 2.09. The van der Waals surface area contributed by atoms with Crippen LogP contribution in [0.2, 0.25) is 0 Å². The van der Waals surface area contributed by atoms with Gasteiger partial charge in [0.15, 0.2) is 0 Å². The molecule has 1 aromatic heterocycles. The Morgan fingerprint density at radius 2 is 1.82 bits per heavy atom. The maximum absolute atomic E-state index is 12.8. The zero-order valence-electron chi connectivity index (χ0n) is 11.7. The molecule has 0 aliphatic heterocycles. The minimum absolute atomic E-state index is 0.473. The minimum atomic E-state index is -4.36. The van der Waals surface area contributed by atoms with Gasteiger partial charge in [0, 0.05) is 4.70 Å². The SMILES string of the molecule is O=C(O)C1(c2ccc3sc(C(F)(F)F)cc3c2)CCCCC1. The van der Waals surface area contributed by atoms with Gasteiger partial charge in [-0.3, -0.25) is 4.79 Å². The first-order valence-electron chi connectivity index (χ1n) is 7.18. The molecule has 1 heterocycles. The predicted octanol–water partition coefficient (Wildman–Crippen LogP) is 5.21. The molecule has 1 N–H and O–H groups in total. The van der Waals surface area contributed by atoms with Crippen LogP contribution in [0, 0.1) is 0 Å². The first-order chi connectivity index (χ1) is 10.3. The van der Waals surface area contributed by atoms with Gasteiger partial charge in [0.05, 0.1) is 5.41 Å². The van der Waals surface area contributed by atoms with Crippen LogP contribution in [-0.2, 0) is 16.4 Å². The van der Waals surface area contributed by atoms with E-state index in [9.17, 15) is 23.1 Å². The molecule has 1 aliphatic rings. The van der Waals surface area contributed by atoms with Crippen LogP contribution in [0.25, 0.3) is 10.1 Å². The number of fused-ring (bicyclic) bond motifs is 1. The fraction of sp³-hybridized carbons (Fsp3) is 0.438. The van der Waals surface area contributed by atoms with Gasteiger partial charge in [-0.1, -0.05) is 25.3 Å². The maximum Gasteiger partial charge on any atom is 0.425 e. The molecule has 2 aromatic rings. The van der Waals surface area contributed by atoms with Gasteiger partial charge < -0.3 is 5.11 Å². The molecule has 0 spiro atoms. The summed E-state index contributed by atoms with van der Waals surface area (Å²) in [7, 11) is 0. The van der Waals surface area contributed by atoms with E-state index in [4.69, 9.17) is 0 Å². The summed E-state index contributed by atoms with van der Waals surface area (Å²) in [6.07, 6.45) is -0.592. The van der Waals surface area contributed by atoms with E-state index in [0.29, 0.717) is 39.8 Å². The third kappa shape index (κ3) is 2.49. The molecule has 22 heavy (non-hydrogen) atoms. The molecule has 1 aliphatic carbocycles. The number of rotatable bonds is 2. The normalized spacial score (nSPS) is 18.5. The summed E-state index contributed by atoms with van der Waals surface area (Å²) in [5, 5.41) is 10.1. The van der Waals surface area contributed by atoms with E-state index in [-0.39, 0.29) is 0 Å². The lowest BCUT2D eigenvalue weighted by Gasteiger charge is -2.33. The zero-order valence-corrected chi connectivity index (χ0v) is 12.6. The molecule has 0 radical (unpaired) electrons. The maximum atomic E-state index is 12.8. The van der Waals surface area contributed by atoms with Crippen LogP contribution in [0.1, 0.15) is 42.5 Å². The van der Waals surface area contributed by atoms with Crippen LogP contribution in [0.5, 0.6) is 0 Å². The average molecular weight is 328 g/mol. The summed E-state index contributed by atoms with van der Waals surface area (Å²) in [5.41, 5.74) is -0.328. The molecule has 1 saturated carbocycles. The van der Waals surface area contributed by atoms with Crippen molar-refractivity contribution >= 4 is 27.4 Å². The Morgan fingerprint density at radius 3 is 2.41 bits per heavy atom. The number of benzene rings is 1. The third-order valence-electron chi connectivity index (χ3n) is 4.46. The van der Waals surface area contributed by atoms with Crippen LogP contribution < -0.4 is 0 Å². The topological polar surface area (TPSA) is 37.3 Å². The summed E-state index contributed by atoms with van der Waals surface area (Å²) in [6.45, 7) is 0. The summed E-state index contributed by atoms with van der Waals surface area (Å²) in [6, 6.07) is 6.03. The van der Waals surface area contributed by atoms with Crippen molar-refractivity contribution in [2.45, 2.75) is 43.7 Å². The van der Waals surface area contributed by atoms with Crippen molar-refractivity contribution in [2.75, 3.05) is 0 Å². The number of thiophene rings is 1. The fourth-order valence-corrected chi connectivity index (χ4v) is 4.17. The second-order valence-electron chi connectivity index (χ2n) is 5.81. The molecule has 2 nitrogen and oxygen atoms in total. The highest BCUT2D eigenvalue weighted by Crippen LogP contribution is 2.43. The number of hydrogen-bond acceptors (Lipinski definition) is 2. The number of carboxylic acid groups (broad SMARTS) is 1. The Hall–Kier alpha value is -1.56. The van der Waals surface area contributed by atoms with Gasteiger partial charge in [-0.15, -0.1) is 11.3 Å². The van der Waals surface area contributed by atoms with E-state index < -0.39 is 22.4 Å². The molecule has 1 aromatic carbocycles. The van der Waals surface area contributed by atoms with Crippen LogP contribution in [0.4, 0.5) is 13.2 Å². The monoisotopic (exact) mass is 328 g/mol. The Labute approximate surface area is 129 Å². The molecule has 0 bridgehead atoms. The van der Waals surface area contributed by atoms with Gasteiger partial charge in [-0.05, 0) is 42.0 Å². The lowest BCUT2D eigenvalue weighted by Crippen LogP contribution is -2.37. The molecule has 0 atom stereocenters. The molecule has 118 valence electrons. The van der Waals surface area contributed by atoms with Crippen LogP contribution in [0.3, 0.4) is 0 Å². The van der Waals surface area contributed by atoms with E-state index in [1.54, 1.807) is 18.2 Å². The molecule has 0 amide bonds. The Morgan fingerprint density at radius 1 is 1.14 bits per heavy atom. The molecular weight excluding hydrogens is 313 g/mol. The number of aliphatic carboxylic acids is 1. The quantitative estimate of drug-likeness (QED) is 0.822. The minimum Gasteiger partial charge on any atom is -0.481 e. The van der Waals surface area contributed by atoms with Gasteiger partial charge in [0.25, 0.3) is 0 Å². The summed E-state index contributed by atoms with van der Waals surface area (Å²) >= 11 is 0.694. The molecule has 3 rings (SSSR count). The standard InChI is InChI=1S/C16H15F3O2S/c17-16(18,19)13-9-10-8-11(4-5-12(10)22-13)15(14(20)21)6-2-1-3-7-15/h4-5,8-9H,1-3,6-7H2,(H,20,21). The number of alkyl halides is 3. The predicted molar refractivity (Wildman–Crippen MR) is 79.2 cm³/mol. The highest BCUT2D eigenvalue weighted by Gasteiger charge is 2.41. The molecule has 6 heteroatoms. The van der Waals surface area contributed by atoms with Gasteiger partial charge in [-0.2, -0.15) is 13.2 Å². The highest BCUT2D eigenvalue weighted by atomic mass is 32.1. The smallest absolute Gasteiger partial charge is 0.425 e. The second-order valence-corrected chi connectivity index (χ2v) is 6.89. The lowest BCUT2D eigenvalue weighted by atomic mass is 9.69. The Kier molecular flexibility index (Phi) is 3.67. The number of hydrogen-bond donors (Lipinski definition) is 1. The second kappa shape index (κ2) is 5.26. The largest absolute Gasteiger partial charge is 0.481 e. The van der Waals surface area contributed by atoms with Crippen molar-refractivity contribution in [1.82, 2.24) is 0 Å². The molecular formula is C16H15F3O2S. The third-order valence-corrected chi connectivity index (χ3v) is 5.63. The first kappa shape index (κ1) is 15.3. The molecule has 0 saturated heterocycles. The van der Waals surface area contributed by atoms with Crippen molar-refractivity contribution in [3.05, 3.63) is 34.7 Å². The summed E-state index contributed by atoms with van der Waals surface area (Å²) in [4.78, 5) is 11.2. The lowest BCUT2D eigenvalue weighted by molar-refractivity contribution is -0.145. The Bertz CT molecular complexity index is 712. The van der Waals surface area contributed by atoms with Crippen molar-refractivity contribution < 1.29 is 23.1 Å². The summed E-state index contributed by atoms with van der Waals surface area (Å²) in [5.74, 6) is -0.877. The molecule has 1 fully saturated rings. The van der Waals surface area contributed by atoms with Crippen molar-refractivity contribution in [2.24, 2.45) is 0 Å². The van der Waals surface area contributed by atoms with Crippen molar-refractivity contribution in [3.8, 4) is 0 Å². The fourth-order valence-electron chi connectivity index (χ4n) is 3.26. The van der Waals surface area contributed by atoms with Crippen LogP contribution >= 0.6 is 11.3 Å². The number of carboxylic acids is 1. The number of halogens is 3. The van der Waals surface area contributed by atoms with Gasteiger partial charge >= 0.3 is 12.1 Å². The van der Waals surface area contributed by atoms with Crippen LogP contribution in [-0.4, -0.2) is 11.1 Å². The van der Waals surface area contributed by atoms with Gasteiger partial charge in [-0.25, -0.2) is 0 Å². The molecule has 0 unspecified atom stereocenters. The van der Waals surface area contributed by atoms with Crippen molar-refractivity contribution in [3.63, 3.8) is 0 Å². The van der Waals surface area contributed by atoms with E-state index >= 15 is 0 Å². The van der Waals surface area contributed by atoms with E-state index in [1.165, 1.54) is 0 Å². The zero-order chi connectivity index (χ0) is 16.0. The van der Waals surface area contributed by atoms with Crippen LogP contribution in [0.15, 0.2) is 24.3 Å². The first-order valence-corrected chi connectivity index (χ1v) is 7.99. The summed E-state index contributed by atoms with van der Waals surface area (Å²) < 4.78 is 38.9. The van der Waals surface area contributed by atoms with E-state index in [1.807, 2.05) is 0 Å². The number of carbonyl (C=O) groups is 1. The van der Waals surface area contributed by atoms with E-state index in [2.05, 4.69) is 0 Å². The van der Waals surface area contributed by atoms with Crippen molar-refractivity contribution in [1.29, 1.82) is 0 Å².